The number of hydrogen-bond donors (Lipinski definition) is 0. The van der Waals surface area contributed by atoms with E-state index in [4.69, 9.17) is 4.42 Å². The average Bonchev–Trinajstić information content (AvgIpc) is 3.07. The molecule has 0 aliphatic rings. The molecule has 0 saturated heterocycles. The summed E-state index contributed by atoms with van der Waals surface area (Å²) in [6, 6.07) is 13.6. The third-order valence-electron chi connectivity index (χ3n) is 2.80. The van der Waals surface area contributed by atoms with Crippen molar-refractivity contribution in [1.82, 2.24) is 4.37 Å². The number of furan rings is 1. The number of rotatable bonds is 3. The van der Waals surface area contributed by atoms with Crippen LogP contribution in [0.1, 0.15) is 16.2 Å². The van der Waals surface area contributed by atoms with Crippen molar-refractivity contribution in [3.05, 3.63) is 53.9 Å². The molecular formula is C15H11NO2S. The maximum atomic E-state index is 10.6. The molecule has 19 heavy (non-hydrogen) atoms. The van der Waals surface area contributed by atoms with Gasteiger partial charge in [0.1, 0.15) is 5.76 Å². The second-order valence-electron chi connectivity index (χ2n) is 4.23. The summed E-state index contributed by atoms with van der Waals surface area (Å²) >= 11 is 1.48. The molecule has 0 N–H and O–H groups in total. The molecule has 3 nitrogen and oxygen atoms in total. The van der Waals surface area contributed by atoms with Crippen molar-refractivity contribution < 1.29 is 9.21 Å². The Morgan fingerprint density at radius 1 is 1.16 bits per heavy atom. The molecule has 0 aliphatic heterocycles. The van der Waals surface area contributed by atoms with Gasteiger partial charge in [0.2, 0.25) is 0 Å². The average molecular weight is 269 g/mol. The van der Waals surface area contributed by atoms with Gasteiger partial charge in [-0.05, 0) is 48.3 Å². The molecule has 0 amide bonds. The predicted molar refractivity (Wildman–Crippen MR) is 75.4 cm³/mol. The number of aryl methyl sites for hydroxylation is 1. The fourth-order valence-electron chi connectivity index (χ4n) is 1.90. The highest BCUT2D eigenvalue weighted by atomic mass is 32.1. The lowest BCUT2D eigenvalue weighted by molar-refractivity contribution is 0.110. The van der Waals surface area contributed by atoms with E-state index in [0.717, 1.165) is 21.7 Å². The molecule has 0 atom stereocenters. The van der Waals surface area contributed by atoms with Crippen LogP contribution in [0.5, 0.6) is 0 Å². The molecule has 2 heterocycles. The maximum Gasteiger partial charge on any atom is 0.185 e. The van der Waals surface area contributed by atoms with Gasteiger partial charge in [-0.15, -0.1) is 0 Å². The molecule has 0 aliphatic carbocycles. The van der Waals surface area contributed by atoms with E-state index in [2.05, 4.69) is 10.4 Å². The Morgan fingerprint density at radius 2 is 2.00 bits per heavy atom. The van der Waals surface area contributed by atoms with Gasteiger partial charge in [-0.25, -0.2) is 0 Å². The number of aromatic nitrogens is 1. The molecule has 3 aromatic rings. The number of benzene rings is 1. The zero-order valence-electron chi connectivity index (χ0n) is 10.3. The van der Waals surface area contributed by atoms with Crippen LogP contribution in [-0.4, -0.2) is 10.7 Å². The van der Waals surface area contributed by atoms with Gasteiger partial charge in [0.25, 0.3) is 0 Å². The first-order valence-electron chi connectivity index (χ1n) is 5.85. The van der Waals surface area contributed by atoms with E-state index in [1.54, 1.807) is 12.1 Å². The summed E-state index contributed by atoms with van der Waals surface area (Å²) in [5.74, 6) is 1.04. The smallest absolute Gasteiger partial charge is 0.185 e. The van der Waals surface area contributed by atoms with Gasteiger partial charge in [-0.2, -0.15) is 4.37 Å². The second-order valence-corrected chi connectivity index (χ2v) is 5.04. The number of hydrogen-bond acceptors (Lipinski definition) is 4. The van der Waals surface area contributed by atoms with E-state index in [-0.39, 0.29) is 0 Å². The lowest BCUT2D eigenvalue weighted by atomic mass is 10.1. The van der Waals surface area contributed by atoms with E-state index >= 15 is 0 Å². The lowest BCUT2D eigenvalue weighted by Crippen LogP contribution is -1.77. The normalized spacial score (nSPS) is 10.6. The molecular weight excluding hydrogens is 258 g/mol. The van der Waals surface area contributed by atoms with Crippen molar-refractivity contribution in [2.45, 2.75) is 6.92 Å². The number of carbonyl (C=O) groups is 1. The van der Waals surface area contributed by atoms with E-state index in [1.807, 2.05) is 31.2 Å². The van der Waals surface area contributed by atoms with Crippen LogP contribution in [0.15, 0.2) is 46.9 Å². The Balaban J connectivity index is 2.02. The van der Waals surface area contributed by atoms with Gasteiger partial charge in [0.15, 0.2) is 12.0 Å². The SMILES string of the molecule is Cc1cc(-c2cccc(-c3ccc(C=O)o3)c2)sn1. The highest BCUT2D eigenvalue weighted by Gasteiger charge is 2.07. The first-order chi connectivity index (χ1) is 9.26. The minimum atomic E-state index is 0.342. The van der Waals surface area contributed by atoms with E-state index in [0.29, 0.717) is 17.8 Å². The van der Waals surface area contributed by atoms with Crippen molar-refractivity contribution in [2.75, 3.05) is 0 Å². The minimum Gasteiger partial charge on any atom is -0.453 e. The zero-order chi connectivity index (χ0) is 13.2. The quantitative estimate of drug-likeness (QED) is 0.669. The van der Waals surface area contributed by atoms with Crippen LogP contribution in [0.25, 0.3) is 21.8 Å². The van der Waals surface area contributed by atoms with Crippen LogP contribution < -0.4 is 0 Å². The molecule has 3 rings (SSSR count). The van der Waals surface area contributed by atoms with Crippen LogP contribution in [0.3, 0.4) is 0 Å². The molecule has 2 aromatic heterocycles. The summed E-state index contributed by atoms with van der Waals surface area (Å²) in [5.41, 5.74) is 3.08. The van der Waals surface area contributed by atoms with Crippen molar-refractivity contribution in [1.29, 1.82) is 0 Å². The Kier molecular flexibility index (Phi) is 3.01. The van der Waals surface area contributed by atoms with Gasteiger partial charge in [0, 0.05) is 5.56 Å². The standard InChI is InChI=1S/C15H11NO2S/c1-10-7-15(19-16-10)12-4-2-3-11(8-12)14-6-5-13(9-17)18-14/h2-9H,1H3. The highest BCUT2D eigenvalue weighted by Crippen LogP contribution is 2.29. The first kappa shape index (κ1) is 11.9. The molecule has 94 valence electrons. The Labute approximate surface area is 114 Å². The summed E-state index contributed by atoms with van der Waals surface area (Å²) in [4.78, 5) is 11.8. The monoisotopic (exact) mass is 269 g/mol. The van der Waals surface area contributed by atoms with Crippen LogP contribution >= 0.6 is 11.5 Å². The fourth-order valence-corrected chi connectivity index (χ4v) is 2.65. The largest absolute Gasteiger partial charge is 0.453 e. The predicted octanol–water partition coefficient (Wildman–Crippen LogP) is 4.19. The van der Waals surface area contributed by atoms with Crippen LogP contribution in [0.4, 0.5) is 0 Å². The summed E-state index contributed by atoms with van der Waals surface area (Å²) in [6.45, 7) is 1.98. The summed E-state index contributed by atoms with van der Waals surface area (Å²) < 4.78 is 9.72. The summed E-state index contributed by atoms with van der Waals surface area (Å²) in [5, 5.41) is 0. The molecule has 0 bridgehead atoms. The van der Waals surface area contributed by atoms with E-state index in [9.17, 15) is 4.79 Å². The number of aldehydes is 1. The fraction of sp³-hybridized carbons (Fsp3) is 0.0667. The first-order valence-corrected chi connectivity index (χ1v) is 6.63. The molecule has 0 radical (unpaired) electrons. The number of carbonyl (C=O) groups excluding carboxylic acids is 1. The summed E-state index contributed by atoms with van der Waals surface area (Å²) in [6.07, 6.45) is 0.708. The van der Waals surface area contributed by atoms with E-state index in [1.165, 1.54) is 11.5 Å². The molecule has 0 spiro atoms. The van der Waals surface area contributed by atoms with Crippen molar-refractivity contribution in [3.63, 3.8) is 0 Å². The second kappa shape index (κ2) is 4.82. The van der Waals surface area contributed by atoms with Crippen LogP contribution in [0, 0.1) is 6.92 Å². The van der Waals surface area contributed by atoms with Gasteiger partial charge in [0.05, 0.1) is 10.6 Å². The minimum absolute atomic E-state index is 0.342. The van der Waals surface area contributed by atoms with Crippen LogP contribution in [-0.2, 0) is 0 Å². The Morgan fingerprint density at radius 3 is 2.68 bits per heavy atom. The van der Waals surface area contributed by atoms with Crippen molar-refractivity contribution in [2.24, 2.45) is 0 Å². The molecule has 0 unspecified atom stereocenters. The topological polar surface area (TPSA) is 43.1 Å². The van der Waals surface area contributed by atoms with Gasteiger partial charge in [-0.3, -0.25) is 4.79 Å². The lowest BCUT2D eigenvalue weighted by Gasteiger charge is -2.00. The van der Waals surface area contributed by atoms with Gasteiger partial charge < -0.3 is 4.42 Å². The Hall–Kier alpha value is -2.20. The molecule has 4 heteroatoms. The summed E-state index contributed by atoms with van der Waals surface area (Å²) in [7, 11) is 0. The van der Waals surface area contributed by atoms with Gasteiger partial charge >= 0.3 is 0 Å². The third-order valence-corrected chi connectivity index (χ3v) is 3.73. The molecule has 1 aromatic carbocycles. The molecule has 0 fully saturated rings. The third kappa shape index (κ3) is 2.35. The van der Waals surface area contributed by atoms with Gasteiger partial charge in [-0.1, -0.05) is 18.2 Å². The van der Waals surface area contributed by atoms with Crippen LogP contribution in [0.2, 0.25) is 0 Å². The maximum absolute atomic E-state index is 10.6. The zero-order valence-corrected chi connectivity index (χ0v) is 11.1. The molecule has 0 saturated carbocycles. The van der Waals surface area contributed by atoms with E-state index < -0.39 is 0 Å². The van der Waals surface area contributed by atoms with Crippen molar-refractivity contribution >= 4 is 17.8 Å². The highest BCUT2D eigenvalue weighted by molar-refractivity contribution is 7.09. The Bertz CT molecular complexity index is 727. The number of nitrogens with zero attached hydrogens (tertiary/aromatic N) is 1. The van der Waals surface area contributed by atoms with Crippen molar-refractivity contribution in [3.8, 4) is 21.8 Å².